The SMILES string of the molecule is Cc1c(I)cc(CO)cc1C#N. The van der Waals surface area contributed by atoms with E-state index in [0.29, 0.717) is 5.56 Å². The lowest BCUT2D eigenvalue weighted by Gasteiger charge is -2.03. The van der Waals surface area contributed by atoms with Crippen LogP contribution in [0.4, 0.5) is 0 Å². The maximum atomic E-state index is 8.86. The number of nitriles is 1. The van der Waals surface area contributed by atoms with Gasteiger partial charge >= 0.3 is 0 Å². The summed E-state index contributed by atoms with van der Waals surface area (Å²) in [7, 11) is 0. The van der Waals surface area contributed by atoms with Gasteiger partial charge in [0.05, 0.1) is 18.2 Å². The second-order valence-corrected chi connectivity index (χ2v) is 3.68. The van der Waals surface area contributed by atoms with Gasteiger partial charge in [0, 0.05) is 3.57 Å². The van der Waals surface area contributed by atoms with E-state index in [1.165, 1.54) is 0 Å². The molecule has 0 aliphatic heterocycles. The summed E-state index contributed by atoms with van der Waals surface area (Å²) in [5, 5.41) is 17.6. The van der Waals surface area contributed by atoms with E-state index in [1.807, 2.05) is 13.0 Å². The Balaban J connectivity index is 3.31. The summed E-state index contributed by atoms with van der Waals surface area (Å²) in [4.78, 5) is 0. The van der Waals surface area contributed by atoms with Crippen LogP contribution in [0, 0.1) is 21.8 Å². The standard InChI is InChI=1S/C9H8INO/c1-6-8(4-11)2-7(5-12)3-9(6)10/h2-3,12H,5H2,1H3. The van der Waals surface area contributed by atoms with Crippen LogP contribution in [-0.4, -0.2) is 5.11 Å². The molecule has 0 unspecified atom stereocenters. The summed E-state index contributed by atoms with van der Waals surface area (Å²) in [5.74, 6) is 0. The monoisotopic (exact) mass is 273 g/mol. The van der Waals surface area contributed by atoms with Crippen LogP contribution in [0.15, 0.2) is 12.1 Å². The predicted molar refractivity (Wildman–Crippen MR) is 54.5 cm³/mol. The molecule has 0 saturated carbocycles. The minimum Gasteiger partial charge on any atom is -0.392 e. The normalized spacial score (nSPS) is 9.50. The average molecular weight is 273 g/mol. The first-order valence-corrected chi connectivity index (χ1v) is 4.57. The lowest BCUT2D eigenvalue weighted by atomic mass is 10.1. The van der Waals surface area contributed by atoms with E-state index in [2.05, 4.69) is 28.7 Å². The third-order valence-electron chi connectivity index (χ3n) is 1.71. The van der Waals surface area contributed by atoms with E-state index < -0.39 is 0 Å². The topological polar surface area (TPSA) is 44.0 Å². The molecule has 3 heteroatoms. The fourth-order valence-corrected chi connectivity index (χ4v) is 1.63. The zero-order valence-electron chi connectivity index (χ0n) is 6.63. The van der Waals surface area contributed by atoms with Crippen molar-refractivity contribution >= 4 is 22.6 Å². The van der Waals surface area contributed by atoms with Crippen molar-refractivity contribution in [2.75, 3.05) is 0 Å². The molecule has 2 nitrogen and oxygen atoms in total. The molecule has 0 aliphatic carbocycles. The summed E-state index contributed by atoms with van der Waals surface area (Å²) in [6.07, 6.45) is 0. The molecule has 0 aliphatic rings. The molecule has 0 bridgehead atoms. The van der Waals surface area contributed by atoms with Gasteiger partial charge in [-0.05, 0) is 52.8 Å². The van der Waals surface area contributed by atoms with Crippen LogP contribution in [0.3, 0.4) is 0 Å². The molecule has 0 amide bonds. The molecule has 1 aromatic carbocycles. The van der Waals surface area contributed by atoms with Crippen LogP contribution in [0.1, 0.15) is 16.7 Å². The van der Waals surface area contributed by atoms with Gasteiger partial charge in [-0.15, -0.1) is 0 Å². The van der Waals surface area contributed by atoms with Gasteiger partial charge in [0.2, 0.25) is 0 Å². The van der Waals surface area contributed by atoms with Crippen LogP contribution in [0.25, 0.3) is 0 Å². The van der Waals surface area contributed by atoms with Crippen molar-refractivity contribution in [3.63, 3.8) is 0 Å². The summed E-state index contributed by atoms with van der Waals surface area (Å²) in [6, 6.07) is 5.70. The second kappa shape index (κ2) is 3.87. The number of rotatable bonds is 1. The lowest BCUT2D eigenvalue weighted by molar-refractivity contribution is 0.281. The van der Waals surface area contributed by atoms with Crippen molar-refractivity contribution in [1.29, 1.82) is 5.26 Å². The highest BCUT2D eigenvalue weighted by Crippen LogP contribution is 2.18. The molecule has 0 atom stereocenters. The fourth-order valence-electron chi connectivity index (χ4n) is 0.942. The maximum absolute atomic E-state index is 8.86. The Bertz CT molecular complexity index is 341. The molecule has 1 rings (SSSR count). The third-order valence-corrected chi connectivity index (χ3v) is 2.83. The highest BCUT2D eigenvalue weighted by atomic mass is 127. The van der Waals surface area contributed by atoms with Gasteiger partial charge in [-0.3, -0.25) is 0 Å². The van der Waals surface area contributed by atoms with E-state index in [1.54, 1.807) is 6.07 Å². The van der Waals surface area contributed by atoms with Crippen LogP contribution in [0.5, 0.6) is 0 Å². The molecule has 0 heterocycles. The highest BCUT2D eigenvalue weighted by molar-refractivity contribution is 14.1. The zero-order valence-corrected chi connectivity index (χ0v) is 8.79. The first-order valence-electron chi connectivity index (χ1n) is 3.49. The summed E-state index contributed by atoms with van der Waals surface area (Å²) < 4.78 is 1.02. The van der Waals surface area contributed by atoms with E-state index >= 15 is 0 Å². The largest absolute Gasteiger partial charge is 0.392 e. The molecule has 0 saturated heterocycles. The van der Waals surface area contributed by atoms with Crippen LogP contribution >= 0.6 is 22.6 Å². The first-order chi connectivity index (χ1) is 5.69. The molecule has 62 valence electrons. The van der Waals surface area contributed by atoms with Crippen molar-refractivity contribution < 1.29 is 5.11 Å². The molecule has 0 aromatic heterocycles. The molecular weight excluding hydrogens is 265 g/mol. The zero-order chi connectivity index (χ0) is 9.14. The molecule has 0 radical (unpaired) electrons. The summed E-state index contributed by atoms with van der Waals surface area (Å²) >= 11 is 2.16. The number of hydrogen-bond acceptors (Lipinski definition) is 2. The number of aliphatic hydroxyl groups excluding tert-OH is 1. The smallest absolute Gasteiger partial charge is 0.0994 e. The van der Waals surface area contributed by atoms with Gasteiger partial charge in [-0.2, -0.15) is 5.26 Å². The summed E-state index contributed by atoms with van der Waals surface area (Å²) in [6.45, 7) is 1.90. The molecular formula is C9H8INO. The molecule has 0 spiro atoms. The summed E-state index contributed by atoms with van der Waals surface area (Å²) in [5.41, 5.74) is 2.42. The third kappa shape index (κ3) is 1.76. The van der Waals surface area contributed by atoms with Crippen molar-refractivity contribution in [3.8, 4) is 6.07 Å². The Morgan fingerprint density at radius 2 is 2.25 bits per heavy atom. The minimum absolute atomic E-state index is 0.00897. The van der Waals surface area contributed by atoms with Gasteiger partial charge < -0.3 is 5.11 Å². The van der Waals surface area contributed by atoms with Crippen LogP contribution in [0.2, 0.25) is 0 Å². The molecule has 1 N–H and O–H groups in total. The Labute approximate surface area is 85.0 Å². The number of halogens is 1. The number of hydrogen-bond donors (Lipinski definition) is 1. The van der Waals surface area contributed by atoms with Gasteiger partial charge in [-0.25, -0.2) is 0 Å². The Morgan fingerprint density at radius 1 is 1.58 bits per heavy atom. The number of aliphatic hydroxyl groups is 1. The number of benzene rings is 1. The minimum atomic E-state index is -0.00897. The Hall–Kier alpha value is -0.600. The Kier molecular flexibility index (Phi) is 3.06. The van der Waals surface area contributed by atoms with Gasteiger partial charge in [0.1, 0.15) is 0 Å². The highest BCUT2D eigenvalue weighted by Gasteiger charge is 2.03. The van der Waals surface area contributed by atoms with E-state index in [4.69, 9.17) is 10.4 Å². The van der Waals surface area contributed by atoms with Gasteiger partial charge in [0.25, 0.3) is 0 Å². The van der Waals surface area contributed by atoms with Crippen molar-refractivity contribution in [2.24, 2.45) is 0 Å². The maximum Gasteiger partial charge on any atom is 0.0994 e. The number of nitrogens with zero attached hydrogens (tertiary/aromatic N) is 1. The van der Waals surface area contributed by atoms with Gasteiger partial charge in [-0.1, -0.05) is 0 Å². The van der Waals surface area contributed by atoms with E-state index in [0.717, 1.165) is 14.7 Å². The molecule has 12 heavy (non-hydrogen) atoms. The average Bonchev–Trinajstić information content (AvgIpc) is 2.09. The van der Waals surface area contributed by atoms with Gasteiger partial charge in [0.15, 0.2) is 0 Å². The lowest BCUT2D eigenvalue weighted by Crippen LogP contribution is -1.92. The van der Waals surface area contributed by atoms with E-state index in [-0.39, 0.29) is 6.61 Å². The Morgan fingerprint density at radius 3 is 2.75 bits per heavy atom. The van der Waals surface area contributed by atoms with Crippen molar-refractivity contribution in [2.45, 2.75) is 13.5 Å². The van der Waals surface area contributed by atoms with Crippen molar-refractivity contribution in [3.05, 3.63) is 32.4 Å². The second-order valence-electron chi connectivity index (χ2n) is 2.52. The van der Waals surface area contributed by atoms with E-state index in [9.17, 15) is 0 Å². The molecule has 0 fully saturated rings. The first kappa shape index (κ1) is 9.49. The predicted octanol–water partition coefficient (Wildman–Crippen LogP) is 1.96. The van der Waals surface area contributed by atoms with Crippen molar-refractivity contribution in [1.82, 2.24) is 0 Å². The quantitative estimate of drug-likeness (QED) is 0.795. The van der Waals surface area contributed by atoms with Crippen LogP contribution < -0.4 is 0 Å². The fraction of sp³-hybridized carbons (Fsp3) is 0.222. The molecule has 1 aromatic rings. The van der Waals surface area contributed by atoms with Crippen LogP contribution in [-0.2, 0) is 6.61 Å².